The van der Waals surface area contributed by atoms with E-state index in [0.29, 0.717) is 5.56 Å². The zero-order chi connectivity index (χ0) is 16.4. The van der Waals surface area contributed by atoms with E-state index in [9.17, 15) is 4.79 Å². The number of carbonyl (C=O) groups is 1. The summed E-state index contributed by atoms with van der Waals surface area (Å²) in [5.74, 6) is -0.00860. The number of amides is 1. The Kier molecular flexibility index (Phi) is 3.91. The molecule has 1 N–H and O–H groups in total. The van der Waals surface area contributed by atoms with Gasteiger partial charge in [-0.25, -0.2) is 0 Å². The molecule has 4 rings (SSSR count). The normalized spacial score (nSPS) is 16.4. The molecule has 0 radical (unpaired) electrons. The maximum Gasteiger partial charge on any atom is 0.251 e. The van der Waals surface area contributed by atoms with Gasteiger partial charge >= 0.3 is 0 Å². The Morgan fingerprint density at radius 3 is 2.71 bits per heavy atom. The van der Waals surface area contributed by atoms with E-state index in [4.69, 9.17) is 0 Å². The van der Waals surface area contributed by atoms with Crippen LogP contribution in [0.5, 0.6) is 0 Å². The lowest BCUT2D eigenvalue weighted by Crippen LogP contribution is -2.31. The molecule has 0 bridgehead atoms. The Morgan fingerprint density at radius 2 is 1.83 bits per heavy atom. The minimum Gasteiger partial charge on any atom is -0.345 e. The zero-order valence-corrected chi connectivity index (χ0v) is 13.5. The van der Waals surface area contributed by atoms with E-state index >= 15 is 0 Å². The molecule has 3 heteroatoms. The van der Waals surface area contributed by atoms with Gasteiger partial charge in [-0.2, -0.15) is 0 Å². The second kappa shape index (κ2) is 6.36. The van der Waals surface area contributed by atoms with Crippen molar-refractivity contribution in [1.29, 1.82) is 0 Å². The highest BCUT2D eigenvalue weighted by molar-refractivity contribution is 5.95. The summed E-state index contributed by atoms with van der Waals surface area (Å²) >= 11 is 0. The monoisotopic (exact) mass is 316 g/mol. The number of fused-ring (bicyclic) bond motifs is 1. The summed E-state index contributed by atoms with van der Waals surface area (Å²) in [5, 5.41) is 3.22. The molecule has 3 nitrogen and oxygen atoms in total. The first kappa shape index (κ1) is 14.8. The molecule has 1 amide bonds. The molecule has 0 aliphatic heterocycles. The number of benzene rings is 2. The van der Waals surface area contributed by atoms with Crippen molar-refractivity contribution in [3.63, 3.8) is 0 Å². The first-order chi connectivity index (χ1) is 11.8. The summed E-state index contributed by atoms with van der Waals surface area (Å²) in [7, 11) is 0. The van der Waals surface area contributed by atoms with Crippen LogP contribution in [0.4, 0.5) is 0 Å². The molecule has 1 aliphatic rings. The van der Waals surface area contributed by atoms with E-state index in [2.05, 4.69) is 29.6 Å². The van der Waals surface area contributed by atoms with E-state index in [-0.39, 0.29) is 11.9 Å². The lowest BCUT2D eigenvalue weighted by molar-refractivity contribution is 0.0932. The van der Waals surface area contributed by atoms with Crippen LogP contribution < -0.4 is 5.32 Å². The van der Waals surface area contributed by atoms with Crippen LogP contribution in [0.25, 0.3) is 5.69 Å². The van der Waals surface area contributed by atoms with E-state index in [1.807, 2.05) is 53.4 Å². The molecule has 0 saturated carbocycles. The van der Waals surface area contributed by atoms with Gasteiger partial charge in [-0.15, -0.1) is 0 Å². The Labute approximate surface area is 141 Å². The summed E-state index contributed by atoms with van der Waals surface area (Å²) in [5.41, 5.74) is 4.31. The zero-order valence-electron chi connectivity index (χ0n) is 13.5. The number of rotatable bonds is 3. The lowest BCUT2D eigenvalue weighted by Gasteiger charge is -2.26. The smallest absolute Gasteiger partial charge is 0.251 e. The van der Waals surface area contributed by atoms with E-state index < -0.39 is 0 Å². The van der Waals surface area contributed by atoms with Gasteiger partial charge in [0.05, 0.1) is 6.04 Å². The number of aryl methyl sites for hydroxylation is 1. The number of aromatic nitrogens is 1. The highest BCUT2D eigenvalue weighted by atomic mass is 16.1. The third kappa shape index (κ3) is 2.85. The Balaban J connectivity index is 1.56. The van der Waals surface area contributed by atoms with Crippen molar-refractivity contribution in [2.24, 2.45) is 0 Å². The van der Waals surface area contributed by atoms with Crippen molar-refractivity contribution in [3.05, 3.63) is 89.7 Å². The fraction of sp³-hybridized carbons (Fsp3) is 0.190. The molecule has 120 valence electrons. The molecule has 0 fully saturated rings. The molecule has 0 saturated heterocycles. The molecule has 24 heavy (non-hydrogen) atoms. The highest BCUT2D eigenvalue weighted by Crippen LogP contribution is 2.29. The average molecular weight is 316 g/mol. The molecular weight excluding hydrogens is 296 g/mol. The van der Waals surface area contributed by atoms with Crippen molar-refractivity contribution in [3.8, 4) is 5.69 Å². The SMILES string of the molecule is O=C(N[C@H]1CCCc2ccccc21)c1cccc(-n2cccc2)c1. The van der Waals surface area contributed by atoms with Gasteiger partial charge < -0.3 is 9.88 Å². The molecule has 2 aromatic carbocycles. The number of nitrogens with one attached hydrogen (secondary N) is 1. The molecule has 1 heterocycles. The predicted octanol–water partition coefficient (Wildman–Crippen LogP) is 4.28. The predicted molar refractivity (Wildman–Crippen MR) is 95.4 cm³/mol. The van der Waals surface area contributed by atoms with Gasteiger partial charge in [0.2, 0.25) is 0 Å². The van der Waals surface area contributed by atoms with Crippen molar-refractivity contribution in [2.45, 2.75) is 25.3 Å². The first-order valence-corrected chi connectivity index (χ1v) is 8.43. The molecule has 3 aromatic rings. The molecule has 0 unspecified atom stereocenters. The summed E-state index contributed by atoms with van der Waals surface area (Å²) in [6.07, 6.45) is 7.18. The van der Waals surface area contributed by atoms with Gasteiger partial charge in [0.25, 0.3) is 5.91 Å². The van der Waals surface area contributed by atoms with Crippen molar-refractivity contribution in [2.75, 3.05) is 0 Å². The molecular formula is C21H20N2O. The first-order valence-electron chi connectivity index (χ1n) is 8.43. The standard InChI is InChI=1S/C21H20N2O/c24-21(17-9-5-10-18(15-17)23-13-3-4-14-23)22-20-12-6-8-16-7-1-2-11-19(16)20/h1-5,7,9-11,13-15,20H,6,8,12H2,(H,22,24)/t20-/m0/s1. The van der Waals surface area contributed by atoms with Crippen LogP contribution in [0.15, 0.2) is 73.1 Å². The number of hydrogen-bond donors (Lipinski definition) is 1. The van der Waals surface area contributed by atoms with Gasteiger partial charge in [-0.05, 0) is 60.7 Å². The maximum absolute atomic E-state index is 12.7. The van der Waals surface area contributed by atoms with Crippen molar-refractivity contribution in [1.82, 2.24) is 9.88 Å². The van der Waals surface area contributed by atoms with E-state index in [0.717, 1.165) is 24.9 Å². The third-order valence-electron chi connectivity index (χ3n) is 4.69. The number of carbonyl (C=O) groups excluding carboxylic acids is 1. The minimum atomic E-state index is -0.00860. The Bertz CT molecular complexity index is 852. The van der Waals surface area contributed by atoms with Gasteiger partial charge in [-0.1, -0.05) is 30.3 Å². The Hall–Kier alpha value is -2.81. The topological polar surface area (TPSA) is 34.0 Å². The third-order valence-corrected chi connectivity index (χ3v) is 4.69. The average Bonchev–Trinajstić information content (AvgIpc) is 3.17. The summed E-state index contributed by atoms with van der Waals surface area (Å²) in [6, 6.07) is 20.2. The van der Waals surface area contributed by atoms with Gasteiger partial charge in [0, 0.05) is 23.6 Å². The van der Waals surface area contributed by atoms with Gasteiger partial charge in [-0.3, -0.25) is 4.79 Å². The molecule has 1 aromatic heterocycles. The van der Waals surface area contributed by atoms with Crippen LogP contribution in [-0.2, 0) is 6.42 Å². The van der Waals surface area contributed by atoms with Gasteiger partial charge in [0.15, 0.2) is 0 Å². The second-order valence-electron chi connectivity index (χ2n) is 6.26. The molecule has 0 spiro atoms. The summed E-state index contributed by atoms with van der Waals surface area (Å²) < 4.78 is 2.01. The largest absolute Gasteiger partial charge is 0.345 e. The van der Waals surface area contributed by atoms with Crippen LogP contribution in [0.1, 0.15) is 40.4 Å². The van der Waals surface area contributed by atoms with Crippen molar-refractivity contribution < 1.29 is 4.79 Å². The van der Waals surface area contributed by atoms with E-state index in [1.54, 1.807) is 0 Å². The van der Waals surface area contributed by atoms with Crippen LogP contribution in [0.3, 0.4) is 0 Å². The molecule has 1 atom stereocenters. The number of nitrogens with zero attached hydrogens (tertiary/aromatic N) is 1. The second-order valence-corrected chi connectivity index (χ2v) is 6.26. The summed E-state index contributed by atoms with van der Waals surface area (Å²) in [6.45, 7) is 0. The summed E-state index contributed by atoms with van der Waals surface area (Å²) in [4.78, 5) is 12.7. The van der Waals surface area contributed by atoms with Crippen LogP contribution in [0.2, 0.25) is 0 Å². The number of hydrogen-bond acceptors (Lipinski definition) is 1. The minimum absolute atomic E-state index is 0.00860. The Morgan fingerprint density at radius 1 is 1.00 bits per heavy atom. The van der Waals surface area contributed by atoms with Crippen LogP contribution in [0, 0.1) is 0 Å². The molecule has 1 aliphatic carbocycles. The van der Waals surface area contributed by atoms with Gasteiger partial charge in [0.1, 0.15) is 0 Å². The fourth-order valence-corrected chi connectivity index (χ4v) is 3.46. The van der Waals surface area contributed by atoms with Crippen LogP contribution >= 0.6 is 0 Å². The quantitative estimate of drug-likeness (QED) is 0.768. The van der Waals surface area contributed by atoms with Crippen molar-refractivity contribution >= 4 is 5.91 Å². The lowest BCUT2D eigenvalue weighted by atomic mass is 9.87. The van der Waals surface area contributed by atoms with Crippen LogP contribution in [-0.4, -0.2) is 10.5 Å². The maximum atomic E-state index is 12.7. The van der Waals surface area contributed by atoms with E-state index in [1.165, 1.54) is 11.1 Å². The highest BCUT2D eigenvalue weighted by Gasteiger charge is 2.21. The fourth-order valence-electron chi connectivity index (χ4n) is 3.46.